The lowest BCUT2D eigenvalue weighted by Gasteiger charge is -2.32. The quantitative estimate of drug-likeness (QED) is 0.855. The van der Waals surface area contributed by atoms with E-state index >= 15 is 0 Å². The highest BCUT2D eigenvalue weighted by Gasteiger charge is 2.25. The first-order valence-corrected chi connectivity index (χ1v) is 8.11. The minimum Gasteiger partial charge on any atom is -0.339 e. The van der Waals surface area contributed by atoms with Crippen molar-refractivity contribution in [2.45, 2.75) is 19.4 Å². The number of hydrogen-bond acceptors (Lipinski definition) is 2. The fraction of sp³-hybridized carbons (Fsp3) is 0.375. The molecule has 1 aromatic carbocycles. The number of rotatable bonds is 3. The summed E-state index contributed by atoms with van der Waals surface area (Å²) in [4.78, 5) is 14.4. The maximum atomic E-state index is 12.6. The molecule has 6 heteroatoms. The van der Waals surface area contributed by atoms with Crippen LogP contribution in [0.2, 0.25) is 10.0 Å². The third-order valence-corrected chi connectivity index (χ3v) is 4.63. The lowest BCUT2D eigenvalue weighted by molar-refractivity contribution is 0.0681. The van der Waals surface area contributed by atoms with E-state index in [-0.39, 0.29) is 5.91 Å². The number of amides is 1. The van der Waals surface area contributed by atoms with Crippen LogP contribution < -0.4 is 0 Å². The maximum absolute atomic E-state index is 12.6. The highest BCUT2D eigenvalue weighted by atomic mass is 35.5. The molecule has 0 aliphatic carbocycles. The van der Waals surface area contributed by atoms with Crippen molar-refractivity contribution in [3.63, 3.8) is 0 Å². The number of likely N-dealkylation sites (tertiary alicyclic amines) is 1. The van der Waals surface area contributed by atoms with Crippen molar-refractivity contribution in [1.29, 1.82) is 0 Å². The van der Waals surface area contributed by atoms with Gasteiger partial charge in [-0.05, 0) is 43.0 Å². The zero-order valence-corrected chi connectivity index (χ0v) is 13.6. The molecule has 1 saturated heterocycles. The molecule has 3 rings (SSSR count). The smallest absolute Gasteiger partial charge is 0.255 e. The van der Waals surface area contributed by atoms with Crippen LogP contribution in [0.3, 0.4) is 0 Å². The number of aromatic nitrogens is 2. The predicted molar refractivity (Wildman–Crippen MR) is 87.3 cm³/mol. The summed E-state index contributed by atoms with van der Waals surface area (Å²) in [7, 11) is 0. The Hall–Kier alpha value is -1.52. The van der Waals surface area contributed by atoms with Crippen LogP contribution in [0.4, 0.5) is 0 Å². The summed E-state index contributed by atoms with van der Waals surface area (Å²) < 4.78 is 1.95. The van der Waals surface area contributed by atoms with Crippen molar-refractivity contribution in [1.82, 2.24) is 14.7 Å². The van der Waals surface area contributed by atoms with Crippen LogP contribution in [0.25, 0.3) is 0 Å². The Morgan fingerprint density at radius 3 is 2.73 bits per heavy atom. The molecular formula is C16H17Cl2N3O. The third-order valence-electron chi connectivity index (χ3n) is 4.07. The lowest BCUT2D eigenvalue weighted by atomic mass is 9.96. The number of benzene rings is 1. The van der Waals surface area contributed by atoms with Crippen LogP contribution >= 0.6 is 23.2 Å². The van der Waals surface area contributed by atoms with E-state index in [9.17, 15) is 4.79 Å². The van der Waals surface area contributed by atoms with Crippen LogP contribution in [0, 0.1) is 5.92 Å². The molecule has 2 heterocycles. The molecule has 116 valence electrons. The van der Waals surface area contributed by atoms with Gasteiger partial charge in [0.1, 0.15) is 0 Å². The number of piperidine rings is 1. The summed E-state index contributed by atoms with van der Waals surface area (Å²) in [6.07, 6.45) is 5.72. The highest BCUT2D eigenvalue weighted by molar-refractivity contribution is 6.35. The molecule has 0 bridgehead atoms. The molecule has 0 unspecified atom stereocenters. The Morgan fingerprint density at radius 1 is 1.27 bits per heavy atom. The minimum absolute atomic E-state index is 0.0370. The molecule has 1 aromatic heterocycles. The Labute approximate surface area is 139 Å². The summed E-state index contributed by atoms with van der Waals surface area (Å²) in [5, 5.41) is 5.22. The van der Waals surface area contributed by atoms with Gasteiger partial charge < -0.3 is 4.90 Å². The summed E-state index contributed by atoms with van der Waals surface area (Å²) in [6, 6.07) is 6.93. The van der Waals surface area contributed by atoms with E-state index in [1.165, 1.54) is 0 Å². The van der Waals surface area contributed by atoms with E-state index in [1.54, 1.807) is 24.4 Å². The van der Waals surface area contributed by atoms with Gasteiger partial charge in [-0.3, -0.25) is 9.48 Å². The Kier molecular flexibility index (Phi) is 4.69. The van der Waals surface area contributed by atoms with E-state index in [0.29, 0.717) is 21.5 Å². The van der Waals surface area contributed by atoms with Crippen LogP contribution in [0.15, 0.2) is 36.7 Å². The minimum atomic E-state index is -0.0370. The second kappa shape index (κ2) is 6.71. The second-order valence-electron chi connectivity index (χ2n) is 5.59. The SMILES string of the molecule is O=C(c1cc(Cl)ccc1Cl)N1CCC(Cn2cccn2)CC1. The normalized spacial score (nSPS) is 16.0. The Bertz CT molecular complexity index is 649. The summed E-state index contributed by atoms with van der Waals surface area (Å²) in [6.45, 7) is 2.40. The van der Waals surface area contributed by atoms with Gasteiger partial charge in [-0.25, -0.2) is 0 Å². The van der Waals surface area contributed by atoms with Crippen LogP contribution in [-0.2, 0) is 6.54 Å². The molecule has 1 amide bonds. The monoisotopic (exact) mass is 337 g/mol. The average molecular weight is 338 g/mol. The van der Waals surface area contributed by atoms with Gasteiger partial charge in [0.25, 0.3) is 5.91 Å². The molecule has 1 fully saturated rings. The first kappa shape index (κ1) is 15.4. The molecule has 0 N–H and O–H groups in total. The van der Waals surface area contributed by atoms with Crippen molar-refractivity contribution in [2.75, 3.05) is 13.1 Å². The predicted octanol–water partition coefficient (Wildman–Crippen LogP) is 3.74. The molecule has 22 heavy (non-hydrogen) atoms. The molecule has 0 radical (unpaired) electrons. The summed E-state index contributed by atoms with van der Waals surface area (Å²) in [5.74, 6) is 0.517. The standard InChI is InChI=1S/C16H17Cl2N3O/c17-13-2-3-15(18)14(10-13)16(22)20-8-4-12(5-9-20)11-21-7-1-6-19-21/h1-3,6-7,10,12H,4-5,8-9,11H2. The van der Waals surface area contributed by atoms with Crippen LogP contribution in [-0.4, -0.2) is 33.7 Å². The van der Waals surface area contributed by atoms with E-state index in [0.717, 1.165) is 32.5 Å². The van der Waals surface area contributed by atoms with Gasteiger partial charge in [-0.2, -0.15) is 5.10 Å². The van der Waals surface area contributed by atoms with Gasteiger partial charge in [0.2, 0.25) is 0 Å². The number of hydrogen-bond donors (Lipinski definition) is 0. The topological polar surface area (TPSA) is 38.1 Å². The Morgan fingerprint density at radius 2 is 2.05 bits per heavy atom. The largest absolute Gasteiger partial charge is 0.339 e. The van der Waals surface area contributed by atoms with Crippen molar-refractivity contribution in [2.24, 2.45) is 5.92 Å². The second-order valence-corrected chi connectivity index (χ2v) is 6.43. The third kappa shape index (κ3) is 3.45. The summed E-state index contributed by atoms with van der Waals surface area (Å²) in [5.41, 5.74) is 0.486. The van der Waals surface area contributed by atoms with Gasteiger partial charge >= 0.3 is 0 Å². The van der Waals surface area contributed by atoms with Crippen LogP contribution in [0.1, 0.15) is 23.2 Å². The van der Waals surface area contributed by atoms with Crippen LogP contribution in [0.5, 0.6) is 0 Å². The fourth-order valence-corrected chi connectivity index (χ4v) is 3.19. The van der Waals surface area contributed by atoms with E-state index in [4.69, 9.17) is 23.2 Å². The maximum Gasteiger partial charge on any atom is 0.255 e. The van der Waals surface area contributed by atoms with Crippen molar-refractivity contribution < 1.29 is 4.79 Å². The Balaban J connectivity index is 1.61. The van der Waals surface area contributed by atoms with Gasteiger partial charge in [0.05, 0.1) is 10.6 Å². The molecule has 1 aliphatic heterocycles. The number of carbonyl (C=O) groups is 1. The number of nitrogens with zero attached hydrogens (tertiary/aromatic N) is 3. The van der Waals surface area contributed by atoms with E-state index in [1.807, 2.05) is 21.8 Å². The zero-order chi connectivity index (χ0) is 15.5. The number of carbonyl (C=O) groups excluding carboxylic acids is 1. The molecular weight excluding hydrogens is 321 g/mol. The molecule has 0 saturated carbocycles. The molecule has 1 aliphatic rings. The van der Waals surface area contributed by atoms with Gasteiger partial charge in [0, 0.05) is 37.1 Å². The van der Waals surface area contributed by atoms with E-state index in [2.05, 4.69) is 5.10 Å². The fourth-order valence-electron chi connectivity index (χ4n) is 2.82. The first-order chi connectivity index (χ1) is 10.6. The van der Waals surface area contributed by atoms with Crippen molar-refractivity contribution >= 4 is 29.1 Å². The van der Waals surface area contributed by atoms with Gasteiger partial charge in [0.15, 0.2) is 0 Å². The molecule has 4 nitrogen and oxygen atoms in total. The number of halogens is 2. The molecule has 2 aromatic rings. The zero-order valence-electron chi connectivity index (χ0n) is 12.1. The van der Waals surface area contributed by atoms with Gasteiger partial charge in [-0.15, -0.1) is 0 Å². The van der Waals surface area contributed by atoms with Gasteiger partial charge in [-0.1, -0.05) is 23.2 Å². The van der Waals surface area contributed by atoms with E-state index < -0.39 is 0 Å². The average Bonchev–Trinajstić information content (AvgIpc) is 3.03. The van der Waals surface area contributed by atoms with Crippen molar-refractivity contribution in [3.05, 3.63) is 52.3 Å². The molecule has 0 spiro atoms. The molecule has 0 atom stereocenters. The first-order valence-electron chi connectivity index (χ1n) is 7.35. The lowest BCUT2D eigenvalue weighted by Crippen LogP contribution is -2.39. The summed E-state index contributed by atoms with van der Waals surface area (Å²) >= 11 is 12.1. The van der Waals surface area contributed by atoms with Crippen molar-refractivity contribution in [3.8, 4) is 0 Å². The highest BCUT2D eigenvalue weighted by Crippen LogP contribution is 2.25.